The predicted molar refractivity (Wildman–Crippen MR) is 112 cm³/mol. The zero-order valence-corrected chi connectivity index (χ0v) is 17.0. The first-order valence-electron chi connectivity index (χ1n) is 8.18. The molecular formula is C19H13BrFN3O4S. The van der Waals surface area contributed by atoms with E-state index >= 15 is 0 Å². The molecule has 1 saturated heterocycles. The Bertz CT molecular complexity index is 1040. The Hall–Kier alpha value is -3.11. The number of ether oxygens (including phenoxy) is 1. The standard InChI is InChI=1S/C19H13BrFN3O4S/c20-12-8-10(7-11-17(26)23-19(29)24-18(11)27)5-6-15(12)28-9-16(25)22-14-4-2-1-3-13(14)21/h1-8H,9H2,(H,22,25)(H2,23,24,26,27,29). The first-order valence-corrected chi connectivity index (χ1v) is 9.38. The second-order valence-corrected chi connectivity index (χ2v) is 7.06. The molecule has 0 radical (unpaired) electrons. The monoisotopic (exact) mass is 477 g/mol. The quantitative estimate of drug-likeness (QED) is 0.349. The number of nitrogens with one attached hydrogen (secondary N) is 3. The number of halogens is 2. The van der Waals surface area contributed by atoms with Gasteiger partial charge < -0.3 is 10.1 Å². The van der Waals surface area contributed by atoms with Gasteiger partial charge in [-0.25, -0.2) is 4.39 Å². The van der Waals surface area contributed by atoms with Gasteiger partial charge in [-0.3, -0.25) is 25.0 Å². The van der Waals surface area contributed by atoms with E-state index in [-0.39, 0.29) is 23.0 Å². The number of anilines is 1. The molecular weight excluding hydrogens is 465 g/mol. The summed E-state index contributed by atoms with van der Waals surface area (Å²) in [6.45, 7) is -0.338. The largest absolute Gasteiger partial charge is 0.483 e. The molecule has 0 aliphatic carbocycles. The Kier molecular flexibility index (Phi) is 6.35. The average molecular weight is 478 g/mol. The third-order valence-corrected chi connectivity index (χ3v) is 4.54. The molecule has 2 aromatic carbocycles. The lowest BCUT2D eigenvalue weighted by atomic mass is 10.1. The van der Waals surface area contributed by atoms with Crippen molar-refractivity contribution in [2.75, 3.05) is 11.9 Å². The van der Waals surface area contributed by atoms with Crippen molar-refractivity contribution < 1.29 is 23.5 Å². The van der Waals surface area contributed by atoms with Gasteiger partial charge in [0.05, 0.1) is 10.2 Å². The molecule has 2 aromatic rings. The smallest absolute Gasteiger partial charge is 0.263 e. The highest BCUT2D eigenvalue weighted by Crippen LogP contribution is 2.27. The van der Waals surface area contributed by atoms with Crippen LogP contribution in [0, 0.1) is 5.82 Å². The van der Waals surface area contributed by atoms with Gasteiger partial charge in [0.15, 0.2) is 11.7 Å². The minimum absolute atomic E-state index is 0.0456. The lowest BCUT2D eigenvalue weighted by Crippen LogP contribution is -2.51. The highest BCUT2D eigenvalue weighted by atomic mass is 79.9. The van der Waals surface area contributed by atoms with E-state index in [1.807, 2.05) is 0 Å². The summed E-state index contributed by atoms with van der Waals surface area (Å²) in [6, 6.07) is 10.6. The number of para-hydroxylation sites is 1. The number of hydrogen-bond donors (Lipinski definition) is 3. The van der Waals surface area contributed by atoms with E-state index in [1.54, 1.807) is 24.3 Å². The van der Waals surface area contributed by atoms with Crippen LogP contribution in [0.3, 0.4) is 0 Å². The van der Waals surface area contributed by atoms with Crippen LogP contribution >= 0.6 is 28.1 Å². The second-order valence-electron chi connectivity index (χ2n) is 5.80. The molecule has 148 valence electrons. The predicted octanol–water partition coefficient (Wildman–Crippen LogP) is 2.52. The summed E-state index contributed by atoms with van der Waals surface area (Å²) in [5.41, 5.74) is 0.516. The van der Waals surface area contributed by atoms with Gasteiger partial charge in [0.1, 0.15) is 17.1 Å². The Morgan fingerprint density at radius 1 is 1.17 bits per heavy atom. The van der Waals surface area contributed by atoms with Crippen LogP contribution in [0.2, 0.25) is 0 Å². The van der Waals surface area contributed by atoms with Gasteiger partial charge in [-0.05, 0) is 64.1 Å². The molecule has 1 fully saturated rings. The van der Waals surface area contributed by atoms with Crippen molar-refractivity contribution in [2.45, 2.75) is 0 Å². The number of carbonyl (C=O) groups is 3. The molecule has 0 unspecified atom stereocenters. The Labute approximate surface area is 178 Å². The Morgan fingerprint density at radius 3 is 2.52 bits per heavy atom. The molecule has 0 spiro atoms. The summed E-state index contributed by atoms with van der Waals surface area (Å²) < 4.78 is 19.5. The van der Waals surface area contributed by atoms with Gasteiger partial charge in [-0.15, -0.1) is 0 Å². The lowest BCUT2D eigenvalue weighted by molar-refractivity contribution is -0.123. The molecule has 1 aliphatic rings. The topological polar surface area (TPSA) is 96.5 Å². The molecule has 3 amide bonds. The highest BCUT2D eigenvalue weighted by Gasteiger charge is 2.25. The van der Waals surface area contributed by atoms with E-state index in [4.69, 9.17) is 17.0 Å². The Morgan fingerprint density at radius 2 is 1.86 bits per heavy atom. The summed E-state index contributed by atoms with van der Waals surface area (Å²) in [4.78, 5) is 35.7. The van der Waals surface area contributed by atoms with Gasteiger partial charge in [-0.1, -0.05) is 18.2 Å². The van der Waals surface area contributed by atoms with Crippen LogP contribution < -0.4 is 20.7 Å². The molecule has 1 heterocycles. The van der Waals surface area contributed by atoms with Crippen LogP contribution in [-0.2, 0) is 14.4 Å². The minimum atomic E-state index is -0.597. The minimum Gasteiger partial charge on any atom is -0.483 e. The van der Waals surface area contributed by atoms with Crippen molar-refractivity contribution in [1.82, 2.24) is 10.6 Å². The molecule has 29 heavy (non-hydrogen) atoms. The number of benzene rings is 2. The summed E-state index contributed by atoms with van der Waals surface area (Å²) in [7, 11) is 0. The number of amides is 3. The zero-order chi connectivity index (χ0) is 21.0. The number of thiocarbonyl (C=S) groups is 1. The van der Waals surface area contributed by atoms with Crippen LogP contribution in [0.5, 0.6) is 5.75 Å². The molecule has 1 aliphatic heterocycles. The number of hydrogen-bond acceptors (Lipinski definition) is 5. The highest BCUT2D eigenvalue weighted by molar-refractivity contribution is 9.10. The van der Waals surface area contributed by atoms with Crippen LogP contribution in [0.15, 0.2) is 52.5 Å². The van der Waals surface area contributed by atoms with Crippen molar-refractivity contribution in [1.29, 1.82) is 0 Å². The zero-order valence-electron chi connectivity index (χ0n) is 14.6. The molecule has 3 N–H and O–H groups in total. The fraction of sp³-hybridized carbons (Fsp3) is 0.0526. The van der Waals surface area contributed by atoms with Gasteiger partial charge in [0.2, 0.25) is 0 Å². The van der Waals surface area contributed by atoms with Crippen molar-refractivity contribution in [3.05, 3.63) is 63.9 Å². The van der Waals surface area contributed by atoms with Crippen molar-refractivity contribution in [3.63, 3.8) is 0 Å². The molecule has 0 atom stereocenters. The summed E-state index contributed by atoms with van der Waals surface area (Å²) in [5.74, 6) is -1.91. The van der Waals surface area contributed by atoms with Crippen molar-refractivity contribution >= 4 is 62.7 Å². The van der Waals surface area contributed by atoms with Gasteiger partial charge in [0, 0.05) is 0 Å². The third-order valence-electron chi connectivity index (χ3n) is 3.72. The SMILES string of the molecule is O=C(COc1ccc(C=C2C(=O)NC(=S)NC2=O)cc1Br)Nc1ccccc1F. The maximum absolute atomic E-state index is 13.6. The molecule has 10 heteroatoms. The van der Waals surface area contributed by atoms with E-state index in [2.05, 4.69) is 31.9 Å². The van der Waals surface area contributed by atoms with Crippen LogP contribution in [0.4, 0.5) is 10.1 Å². The van der Waals surface area contributed by atoms with E-state index in [9.17, 15) is 18.8 Å². The summed E-state index contributed by atoms with van der Waals surface area (Å²) in [5, 5.41) is 7.06. The number of rotatable bonds is 5. The Balaban J connectivity index is 1.65. The molecule has 7 nitrogen and oxygen atoms in total. The first kappa shape index (κ1) is 20.6. The van der Waals surface area contributed by atoms with E-state index in [1.165, 1.54) is 24.3 Å². The van der Waals surface area contributed by atoms with Crippen LogP contribution in [0.1, 0.15) is 5.56 Å². The normalized spacial score (nSPS) is 13.4. The molecule has 0 bridgehead atoms. The van der Waals surface area contributed by atoms with Gasteiger partial charge in [-0.2, -0.15) is 0 Å². The maximum atomic E-state index is 13.6. The maximum Gasteiger partial charge on any atom is 0.263 e. The average Bonchev–Trinajstić information content (AvgIpc) is 2.66. The molecule has 0 saturated carbocycles. The van der Waals surface area contributed by atoms with Crippen LogP contribution in [-0.4, -0.2) is 29.4 Å². The van der Waals surface area contributed by atoms with Gasteiger partial charge >= 0.3 is 0 Å². The van der Waals surface area contributed by atoms with E-state index in [0.717, 1.165) is 0 Å². The fourth-order valence-electron chi connectivity index (χ4n) is 2.39. The lowest BCUT2D eigenvalue weighted by Gasteiger charge is -2.16. The van der Waals surface area contributed by atoms with Gasteiger partial charge in [0.25, 0.3) is 17.7 Å². The summed E-state index contributed by atoms with van der Waals surface area (Å²) in [6.07, 6.45) is 1.39. The fourth-order valence-corrected chi connectivity index (χ4v) is 3.09. The van der Waals surface area contributed by atoms with E-state index < -0.39 is 23.5 Å². The third kappa shape index (κ3) is 5.24. The second kappa shape index (κ2) is 8.93. The molecule has 0 aromatic heterocycles. The van der Waals surface area contributed by atoms with E-state index in [0.29, 0.717) is 15.8 Å². The number of carbonyl (C=O) groups excluding carboxylic acids is 3. The molecule has 3 rings (SSSR count). The van der Waals surface area contributed by atoms with Crippen LogP contribution in [0.25, 0.3) is 6.08 Å². The van der Waals surface area contributed by atoms with Crippen molar-refractivity contribution in [2.24, 2.45) is 0 Å². The first-order chi connectivity index (χ1) is 13.8. The summed E-state index contributed by atoms with van der Waals surface area (Å²) >= 11 is 8.06. The van der Waals surface area contributed by atoms with Crippen molar-refractivity contribution in [3.8, 4) is 5.75 Å².